The van der Waals surface area contributed by atoms with Gasteiger partial charge in [-0.3, -0.25) is 0 Å². The van der Waals surface area contributed by atoms with Crippen molar-refractivity contribution in [2.24, 2.45) is 11.8 Å². The molecule has 1 unspecified atom stereocenters. The zero-order valence-corrected chi connectivity index (χ0v) is 12.5. The van der Waals surface area contributed by atoms with Gasteiger partial charge in [-0.05, 0) is 38.1 Å². The van der Waals surface area contributed by atoms with Gasteiger partial charge in [-0.25, -0.2) is 0 Å². The van der Waals surface area contributed by atoms with Crippen LogP contribution in [0.4, 0.5) is 0 Å². The molecule has 110 valence electrons. The van der Waals surface area contributed by atoms with Crippen LogP contribution >= 0.6 is 0 Å². The second kappa shape index (κ2) is 3.64. The van der Waals surface area contributed by atoms with Crippen molar-refractivity contribution >= 4 is 0 Å². The van der Waals surface area contributed by atoms with Crippen LogP contribution < -0.4 is 4.74 Å². The number of aromatic hydroxyl groups is 1. The average Bonchev–Trinajstić information content (AvgIpc) is 2.83. The van der Waals surface area contributed by atoms with Gasteiger partial charge in [-0.2, -0.15) is 0 Å². The summed E-state index contributed by atoms with van der Waals surface area (Å²) in [5.41, 5.74) is 2.81. The lowest BCUT2D eigenvalue weighted by molar-refractivity contribution is -0.0143. The van der Waals surface area contributed by atoms with Crippen LogP contribution in [0.1, 0.15) is 24.5 Å². The van der Waals surface area contributed by atoms with Gasteiger partial charge in [0.25, 0.3) is 0 Å². The molecule has 5 atom stereocenters. The second-order valence-corrected chi connectivity index (χ2v) is 7.30. The molecule has 4 aliphatic rings. The van der Waals surface area contributed by atoms with E-state index in [-0.39, 0.29) is 11.5 Å². The first kappa shape index (κ1) is 12.1. The molecule has 2 aliphatic heterocycles. The SMILES string of the molecule is C[C@H]1C=C[C@H]2C3Cc4ccc(O)c5c4[C@@]2(CCN3C)[C@H]1O5. The fraction of sp³-hybridized carbons (Fsp3) is 0.556. The first-order valence-electron chi connectivity index (χ1n) is 8.03. The maximum atomic E-state index is 10.3. The molecule has 1 saturated heterocycles. The third-order valence-electron chi connectivity index (χ3n) is 6.42. The number of hydrogen-bond acceptors (Lipinski definition) is 3. The van der Waals surface area contributed by atoms with E-state index in [2.05, 4.69) is 37.1 Å². The van der Waals surface area contributed by atoms with Crippen molar-refractivity contribution in [3.63, 3.8) is 0 Å². The van der Waals surface area contributed by atoms with E-state index in [1.165, 1.54) is 11.1 Å². The van der Waals surface area contributed by atoms with Crippen LogP contribution in [0.15, 0.2) is 24.3 Å². The summed E-state index contributed by atoms with van der Waals surface area (Å²) in [6, 6.07) is 4.50. The summed E-state index contributed by atoms with van der Waals surface area (Å²) in [5, 5.41) is 10.3. The molecule has 1 aromatic rings. The summed E-state index contributed by atoms with van der Waals surface area (Å²) in [7, 11) is 2.25. The molecule has 1 fully saturated rings. The Morgan fingerprint density at radius 2 is 2.19 bits per heavy atom. The largest absolute Gasteiger partial charge is 0.504 e. The molecule has 0 amide bonds. The van der Waals surface area contributed by atoms with Crippen molar-refractivity contribution in [1.82, 2.24) is 4.90 Å². The van der Waals surface area contributed by atoms with Gasteiger partial charge in [-0.1, -0.05) is 25.1 Å². The summed E-state index contributed by atoms with van der Waals surface area (Å²) in [5.74, 6) is 2.03. The number of rotatable bonds is 0. The van der Waals surface area contributed by atoms with Crippen molar-refractivity contribution in [3.8, 4) is 11.5 Å². The fourth-order valence-electron chi connectivity index (χ4n) is 5.50. The number of ether oxygens (including phenoxy) is 1. The number of nitrogens with zero attached hydrogens (tertiary/aromatic N) is 1. The molecule has 1 aromatic carbocycles. The van der Waals surface area contributed by atoms with Gasteiger partial charge in [0.15, 0.2) is 11.5 Å². The van der Waals surface area contributed by atoms with Gasteiger partial charge in [0, 0.05) is 28.9 Å². The highest BCUT2D eigenvalue weighted by Crippen LogP contribution is 2.63. The lowest BCUT2D eigenvalue weighted by Gasteiger charge is -2.56. The van der Waals surface area contributed by atoms with Gasteiger partial charge in [0.2, 0.25) is 0 Å². The van der Waals surface area contributed by atoms with Gasteiger partial charge >= 0.3 is 0 Å². The highest BCUT2D eigenvalue weighted by Gasteiger charge is 2.63. The molecule has 3 nitrogen and oxygen atoms in total. The summed E-state index contributed by atoms with van der Waals surface area (Å²) < 4.78 is 6.34. The van der Waals surface area contributed by atoms with E-state index in [4.69, 9.17) is 4.74 Å². The number of likely N-dealkylation sites (tertiary alicyclic amines) is 1. The lowest BCUT2D eigenvalue weighted by Crippen LogP contribution is -2.63. The number of phenolic OH excluding ortho intramolecular Hbond substituents is 1. The van der Waals surface area contributed by atoms with Crippen LogP contribution in [-0.4, -0.2) is 35.7 Å². The van der Waals surface area contributed by atoms with Crippen LogP contribution in [0.25, 0.3) is 0 Å². The van der Waals surface area contributed by atoms with Gasteiger partial charge in [0.1, 0.15) is 6.10 Å². The zero-order valence-electron chi connectivity index (χ0n) is 12.5. The smallest absolute Gasteiger partial charge is 0.165 e. The molecule has 0 saturated carbocycles. The maximum absolute atomic E-state index is 10.3. The third-order valence-corrected chi connectivity index (χ3v) is 6.42. The fourth-order valence-corrected chi connectivity index (χ4v) is 5.50. The Labute approximate surface area is 125 Å². The molecule has 0 radical (unpaired) electrons. The summed E-state index contributed by atoms with van der Waals surface area (Å²) in [6.45, 7) is 3.37. The number of phenols is 1. The van der Waals surface area contributed by atoms with Crippen molar-refractivity contribution in [3.05, 3.63) is 35.4 Å². The van der Waals surface area contributed by atoms with Gasteiger partial charge in [-0.15, -0.1) is 0 Å². The third kappa shape index (κ3) is 1.21. The van der Waals surface area contributed by atoms with E-state index in [9.17, 15) is 5.11 Å². The van der Waals surface area contributed by atoms with E-state index in [1.54, 1.807) is 0 Å². The summed E-state index contributed by atoms with van der Waals surface area (Å²) in [4.78, 5) is 2.51. The number of benzene rings is 1. The maximum Gasteiger partial charge on any atom is 0.165 e. The second-order valence-electron chi connectivity index (χ2n) is 7.30. The normalized spacial score (nSPS) is 42.6. The summed E-state index contributed by atoms with van der Waals surface area (Å²) >= 11 is 0. The Hall–Kier alpha value is -1.48. The molecular weight excluding hydrogens is 262 g/mol. The minimum Gasteiger partial charge on any atom is -0.504 e. The minimum absolute atomic E-state index is 0.0903. The highest BCUT2D eigenvalue weighted by atomic mass is 16.5. The first-order chi connectivity index (χ1) is 10.1. The Morgan fingerprint density at radius 3 is 3.05 bits per heavy atom. The van der Waals surface area contributed by atoms with Crippen molar-refractivity contribution in [2.45, 2.75) is 37.3 Å². The average molecular weight is 283 g/mol. The summed E-state index contributed by atoms with van der Waals surface area (Å²) in [6.07, 6.45) is 7.15. The Morgan fingerprint density at radius 1 is 1.33 bits per heavy atom. The number of likely N-dealkylation sites (N-methyl/N-ethyl adjacent to an activating group) is 1. The first-order valence-corrected chi connectivity index (χ1v) is 8.03. The zero-order chi connectivity index (χ0) is 14.4. The predicted molar refractivity (Wildman–Crippen MR) is 80.7 cm³/mol. The van der Waals surface area contributed by atoms with Gasteiger partial charge < -0.3 is 14.7 Å². The molecule has 2 aliphatic carbocycles. The molecule has 1 spiro atoms. The van der Waals surface area contributed by atoms with Crippen molar-refractivity contribution in [1.29, 1.82) is 0 Å². The Kier molecular flexibility index (Phi) is 2.10. The molecule has 2 heterocycles. The number of piperidine rings is 1. The highest BCUT2D eigenvalue weighted by molar-refractivity contribution is 5.61. The van der Waals surface area contributed by atoms with E-state index in [1.807, 2.05) is 6.07 Å². The van der Waals surface area contributed by atoms with Crippen LogP contribution in [0.2, 0.25) is 0 Å². The molecular formula is C18H21NO2. The molecule has 1 N–H and O–H groups in total. The standard InChI is InChI=1S/C18H21NO2/c1-10-3-5-12-13-9-11-4-6-14(20)16-15(11)18(12,17(10)21-16)7-8-19(13)2/h3-6,10,12-13,17,20H,7-9H2,1-2H3/t10-,12-,13?,17-,18-/m0/s1. The molecule has 0 aromatic heterocycles. The van der Waals surface area contributed by atoms with Crippen LogP contribution in [0.5, 0.6) is 11.5 Å². The van der Waals surface area contributed by atoms with Crippen LogP contribution in [0.3, 0.4) is 0 Å². The molecule has 21 heavy (non-hydrogen) atoms. The Balaban J connectivity index is 1.84. The Bertz CT molecular complexity index is 667. The van der Waals surface area contributed by atoms with E-state index < -0.39 is 0 Å². The minimum atomic E-state index is 0.0903. The van der Waals surface area contributed by atoms with E-state index >= 15 is 0 Å². The molecule has 5 rings (SSSR count). The molecule has 3 heteroatoms. The topological polar surface area (TPSA) is 32.7 Å². The predicted octanol–water partition coefficient (Wildman–Crippen LogP) is 2.47. The van der Waals surface area contributed by atoms with Crippen LogP contribution in [-0.2, 0) is 11.8 Å². The van der Waals surface area contributed by atoms with E-state index in [0.717, 1.165) is 25.1 Å². The van der Waals surface area contributed by atoms with Gasteiger partial charge in [0.05, 0.1) is 0 Å². The number of hydrogen-bond donors (Lipinski definition) is 1. The van der Waals surface area contributed by atoms with Crippen molar-refractivity contribution < 1.29 is 9.84 Å². The van der Waals surface area contributed by atoms with E-state index in [0.29, 0.717) is 23.6 Å². The van der Waals surface area contributed by atoms with Crippen LogP contribution in [0, 0.1) is 11.8 Å². The molecule has 2 bridgehead atoms. The quantitative estimate of drug-likeness (QED) is 0.743. The lowest BCUT2D eigenvalue weighted by atomic mass is 9.52. The monoisotopic (exact) mass is 283 g/mol. The van der Waals surface area contributed by atoms with Crippen molar-refractivity contribution in [2.75, 3.05) is 13.6 Å².